The first-order valence-electron chi connectivity index (χ1n) is 5.64. The van der Waals surface area contributed by atoms with Gasteiger partial charge in [-0.3, -0.25) is 0 Å². The van der Waals surface area contributed by atoms with Crippen molar-refractivity contribution >= 4 is 28.8 Å². The number of benzene rings is 2. The molecule has 0 radical (unpaired) electrons. The summed E-state index contributed by atoms with van der Waals surface area (Å²) in [5.74, 6) is -1.54. The van der Waals surface area contributed by atoms with E-state index in [0.717, 1.165) is 6.07 Å². The number of nitrogens with two attached hydrogens (primary N) is 1. The molecule has 0 unspecified atom stereocenters. The number of halogens is 3. The van der Waals surface area contributed by atoms with E-state index in [1.807, 2.05) is 0 Å². The fraction of sp³-hybridized carbons (Fsp3) is 0.0714. The van der Waals surface area contributed by atoms with Gasteiger partial charge in [0.15, 0.2) is 11.6 Å². The minimum atomic E-state index is -0.939. The Bertz CT molecular complexity index is 664. The van der Waals surface area contributed by atoms with Crippen LogP contribution in [0.25, 0.3) is 0 Å². The third-order valence-corrected chi connectivity index (χ3v) is 3.08. The fourth-order valence-electron chi connectivity index (χ4n) is 1.63. The Labute approximate surface area is 125 Å². The molecule has 2 aromatic rings. The van der Waals surface area contributed by atoms with Crippen molar-refractivity contribution in [2.75, 3.05) is 0 Å². The topological polar surface area (TPSA) is 35.2 Å². The molecule has 104 valence electrons. The van der Waals surface area contributed by atoms with E-state index in [-0.39, 0.29) is 17.2 Å². The molecule has 0 saturated carbocycles. The summed E-state index contributed by atoms with van der Waals surface area (Å²) in [6.07, 6.45) is 0. The lowest BCUT2D eigenvalue weighted by molar-refractivity contribution is 0.296. The highest BCUT2D eigenvalue weighted by Crippen LogP contribution is 2.25. The molecule has 2 rings (SSSR count). The van der Waals surface area contributed by atoms with Gasteiger partial charge in [0.05, 0.1) is 5.56 Å². The average molecular weight is 314 g/mol. The number of thiocarbonyl (C=S) groups is 1. The normalized spacial score (nSPS) is 10.3. The first-order chi connectivity index (χ1) is 9.49. The van der Waals surface area contributed by atoms with Gasteiger partial charge in [-0.1, -0.05) is 36.0 Å². The maximum atomic E-state index is 13.5. The molecule has 20 heavy (non-hydrogen) atoms. The van der Waals surface area contributed by atoms with E-state index >= 15 is 0 Å². The van der Waals surface area contributed by atoms with Crippen LogP contribution in [0.1, 0.15) is 11.1 Å². The van der Waals surface area contributed by atoms with E-state index in [1.165, 1.54) is 18.2 Å². The lowest BCUT2D eigenvalue weighted by Gasteiger charge is -2.11. The van der Waals surface area contributed by atoms with Gasteiger partial charge in [0.1, 0.15) is 17.3 Å². The molecule has 2 N–H and O–H groups in total. The van der Waals surface area contributed by atoms with Gasteiger partial charge in [0, 0.05) is 10.6 Å². The molecule has 2 aromatic carbocycles. The summed E-state index contributed by atoms with van der Waals surface area (Å²) in [6, 6.07) is 8.63. The van der Waals surface area contributed by atoms with Crippen LogP contribution in [0.4, 0.5) is 8.78 Å². The van der Waals surface area contributed by atoms with Crippen LogP contribution < -0.4 is 10.5 Å². The molecule has 0 heterocycles. The second kappa shape index (κ2) is 6.15. The van der Waals surface area contributed by atoms with Crippen molar-refractivity contribution in [1.29, 1.82) is 0 Å². The average Bonchev–Trinajstić information content (AvgIpc) is 2.40. The van der Waals surface area contributed by atoms with Crippen molar-refractivity contribution in [2.24, 2.45) is 5.73 Å². The number of hydrogen-bond acceptors (Lipinski definition) is 2. The molecular formula is C14H10ClF2NOS. The first-order valence-corrected chi connectivity index (χ1v) is 6.42. The van der Waals surface area contributed by atoms with E-state index < -0.39 is 11.6 Å². The summed E-state index contributed by atoms with van der Waals surface area (Å²) in [5, 5.41) is 0.430. The molecule has 0 aliphatic rings. The van der Waals surface area contributed by atoms with Crippen LogP contribution in [0.15, 0.2) is 36.4 Å². The summed E-state index contributed by atoms with van der Waals surface area (Å²) in [5.41, 5.74) is 6.15. The van der Waals surface area contributed by atoms with Crippen LogP contribution in [0, 0.1) is 11.6 Å². The summed E-state index contributed by atoms with van der Waals surface area (Å²) in [4.78, 5) is 0.136. The van der Waals surface area contributed by atoms with Crippen molar-refractivity contribution in [1.82, 2.24) is 0 Å². The molecule has 0 aliphatic heterocycles. The SMILES string of the molecule is NC(=S)c1ccc(Cl)cc1OCc1cccc(F)c1F. The molecule has 0 amide bonds. The molecule has 0 atom stereocenters. The Morgan fingerprint density at radius 2 is 2.00 bits per heavy atom. The largest absolute Gasteiger partial charge is 0.488 e. The quantitative estimate of drug-likeness (QED) is 0.871. The Kier molecular flexibility index (Phi) is 4.52. The smallest absolute Gasteiger partial charge is 0.165 e. The van der Waals surface area contributed by atoms with Crippen molar-refractivity contribution in [3.05, 3.63) is 64.2 Å². The molecule has 0 bridgehead atoms. The summed E-state index contributed by atoms with van der Waals surface area (Å²) < 4.78 is 32.0. The van der Waals surface area contributed by atoms with Gasteiger partial charge in [-0.05, 0) is 24.3 Å². The fourth-order valence-corrected chi connectivity index (χ4v) is 1.97. The molecule has 2 nitrogen and oxygen atoms in total. The third kappa shape index (κ3) is 3.23. The summed E-state index contributed by atoms with van der Waals surface area (Å²) >= 11 is 10.8. The molecule has 0 aromatic heterocycles. The molecule has 0 spiro atoms. The lowest BCUT2D eigenvalue weighted by Crippen LogP contribution is -2.12. The second-order valence-corrected chi connectivity index (χ2v) is 4.88. The highest BCUT2D eigenvalue weighted by molar-refractivity contribution is 7.80. The van der Waals surface area contributed by atoms with E-state index in [9.17, 15) is 8.78 Å². The first kappa shape index (κ1) is 14.7. The zero-order valence-corrected chi connectivity index (χ0v) is 11.8. The zero-order chi connectivity index (χ0) is 14.7. The Morgan fingerprint density at radius 1 is 1.25 bits per heavy atom. The standard InChI is InChI=1S/C14H10ClF2NOS/c15-9-4-5-10(14(18)20)12(6-9)19-7-8-2-1-3-11(16)13(8)17/h1-6H,7H2,(H2,18,20). The minimum absolute atomic E-state index is 0.0962. The third-order valence-electron chi connectivity index (χ3n) is 2.62. The van der Waals surface area contributed by atoms with Crippen molar-refractivity contribution in [3.8, 4) is 5.75 Å². The highest BCUT2D eigenvalue weighted by Gasteiger charge is 2.11. The van der Waals surface area contributed by atoms with Gasteiger partial charge in [0.25, 0.3) is 0 Å². The number of rotatable bonds is 4. The van der Waals surface area contributed by atoms with Gasteiger partial charge in [0.2, 0.25) is 0 Å². The summed E-state index contributed by atoms with van der Waals surface area (Å²) in [7, 11) is 0. The molecule has 0 aliphatic carbocycles. The van der Waals surface area contributed by atoms with Gasteiger partial charge in [-0.2, -0.15) is 0 Å². The summed E-state index contributed by atoms with van der Waals surface area (Å²) in [6.45, 7) is -0.153. The molecule has 6 heteroatoms. The molecule has 0 fully saturated rings. The predicted octanol–water partition coefficient (Wildman–Crippen LogP) is 3.83. The monoisotopic (exact) mass is 313 g/mol. The van der Waals surface area contributed by atoms with Crippen LogP contribution in [-0.2, 0) is 6.61 Å². The van der Waals surface area contributed by atoms with Crippen molar-refractivity contribution in [3.63, 3.8) is 0 Å². The number of hydrogen-bond donors (Lipinski definition) is 1. The van der Waals surface area contributed by atoms with E-state index in [4.69, 9.17) is 34.3 Å². The molecule has 0 saturated heterocycles. The number of ether oxygens (including phenoxy) is 1. The van der Waals surface area contributed by atoms with Crippen molar-refractivity contribution < 1.29 is 13.5 Å². The van der Waals surface area contributed by atoms with Crippen LogP contribution in [-0.4, -0.2) is 4.99 Å². The van der Waals surface area contributed by atoms with Crippen LogP contribution >= 0.6 is 23.8 Å². The lowest BCUT2D eigenvalue weighted by atomic mass is 10.2. The maximum Gasteiger partial charge on any atom is 0.165 e. The second-order valence-electron chi connectivity index (χ2n) is 4.01. The van der Waals surface area contributed by atoms with Gasteiger partial charge >= 0.3 is 0 Å². The van der Waals surface area contributed by atoms with Gasteiger partial charge in [-0.25, -0.2) is 8.78 Å². The van der Waals surface area contributed by atoms with Crippen LogP contribution in [0.3, 0.4) is 0 Å². The molecular weight excluding hydrogens is 304 g/mol. The Hall–Kier alpha value is -1.72. The van der Waals surface area contributed by atoms with Gasteiger partial charge in [-0.15, -0.1) is 0 Å². The van der Waals surface area contributed by atoms with E-state index in [0.29, 0.717) is 16.3 Å². The van der Waals surface area contributed by atoms with Crippen LogP contribution in [0.2, 0.25) is 5.02 Å². The Balaban J connectivity index is 2.24. The van der Waals surface area contributed by atoms with Gasteiger partial charge < -0.3 is 10.5 Å². The highest BCUT2D eigenvalue weighted by atomic mass is 35.5. The van der Waals surface area contributed by atoms with Crippen molar-refractivity contribution in [2.45, 2.75) is 6.61 Å². The van der Waals surface area contributed by atoms with Crippen LogP contribution in [0.5, 0.6) is 5.75 Å². The maximum absolute atomic E-state index is 13.5. The van der Waals surface area contributed by atoms with E-state index in [1.54, 1.807) is 12.1 Å². The minimum Gasteiger partial charge on any atom is -0.488 e. The predicted molar refractivity (Wildman–Crippen MR) is 78.0 cm³/mol. The Morgan fingerprint density at radius 3 is 2.70 bits per heavy atom. The zero-order valence-electron chi connectivity index (χ0n) is 10.2. The van der Waals surface area contributed by atoms with E-state index in [2.05, 4.69) is 0 Å².